The maximum absolute atomic E-state index is 12.4. The van der Waals surface area contributed by atoms with Crippen molar-refractivity contribution < 1.29 is 4.79 Å². The largest absolute Gasteiger partial charge is 0.383 e. The Morgan fingerprint density at radius 1 is 1.14 bits per heavy atom. The number of amides is 1. The molecule has 114 valence electrons. The number of carbonyl (C=O) groups is 1. The van der Waals surface area contributed by atoms with Crippen molar-refractivity contribution in [2.45, 2.75) is 32.6 Å². The molecule has 1 heterocycles. The summed E-state index contributed by atoms with van der Waals surface area (Å²) in [7, 11) is 0. The quantitative estimate of drug-likeness (QED) is 0.879. The number of rotatable bonds is 3. The molecule has 0 atom stereocenters. The normalized spacial score (nSPS) is 13.4. The molecular formula is C19H22N2O. The molecule has 0 radical (unpaired) electrons. The predicted octanol–water partition coefficient (Wildman–Crippen LogP) is 4.42. The first kappa shape index (κ1) is 14.6. The number of hydrogen-bond donors (Lipinski definition) is 2. The molecule has 22 heavy (non-hydrogen) atoms. The summed E-state index contributed by atoms with van der Waals surface area (Å²) in [6.45, 7) is 5.26. The van der Waals surface area contributed by atoms with E-state index < -0.39 is 0 Å². The summed E-state index contributed by atoms with van der Waals surface area (Å²) in [5.74, 6) is 0.415. The van der Waals surface area contributed by atoms with Crippen molar-refractivity contribution in [1.82, 2.24) is 0 Å². The van der Waals surface area contributed by atoms with Crippen LogP contribution in [0.2, 0.25) is 0 Å². The Hall–Kier alpha value is -2.29. The van der Waals surface area contributed by atoms with Crippen molar-refractivity contribution in [1.29, 1.82) is 0 Å². The summed E-state index contributed by atoms with van der Waals surface area (Å²) in [5, 5.41) is 6.43. The van der Waals surface area contributed by atoms with Crippen LogP contribution in [0.15, 0.2) is 42.5 Å². The van der Waals surface area contributed by atoms with Crippen LogP contribution in [-0.4, -0.2) is 12.5 Å². The van der Waals surface area contributed by atoms with Gasteiger partial charge in [0.2, 0.25) is 0 Å². The van der Waals surface area contributed by atoms with Gasteiger partial charge >= 0.3 is 0 Å². The van der Waals surface area contributed by atoms with Crippen LogP contribution in [0.25, 0.3) is 0 Å². The second kappa shape index (κ2) is 6.22. The highest BCUT2D eigenvalue weighted by atomic mass is 16.1. The van der Waals surface area contributed by atoms with E-state index in [2.05, 4.69) is 30.5 Å². The van der Waals surface area contributed by atoms with Crippen molar-refractivity contribution in [2.75, 3.05) is 17.2 Å². The minimum Gasteiger partial charge on any atom is -0.383 e. The van der Waals surface area contributed by atoms with Crippen molar-refractivity contribution in [3.8, 4) is 0 Å². The van der Waals surface area contributed by atoms with E-state index in [1.54, 1.807) is 0 Å². The molecule has 2 aromatic rings. The van der Waals surface area contributed by atoms with E-state index in [0.717, 1.165) is 30.8 Å². The second-order valence-corrected chi connectivity index (χ2v) is 6.10. The summed E-state index contributed by atoms with van der Waals surface area (Å²) in [5.41, 5.74) is 5.16. The second-order valence-electron chi connectivity index (χ2n) is 6.10. The molecule has 2 aromatic carbocycles. The number of hydrogen-bond acceptors (Lipinski definition) is 2. The molecule has 1 aliphatic rings. The molecule has 2 N–H and O–H groups in total. The van der Waals surface area contributed by atoms with Crippen LogP contribution < -0.4 is 10.6 Å². The minimum absolute atomic E-state index is 0.0592. The molecule has 0 saturated heterocycles. The first-order chi connectivity index (χ1) is 10.6. The molecule has 3 rings (SSSR count). The van der Waals surface area contributed by atoms with Gasteiger partial charge in [-0.3, -0.25) is 4.79 Å². The Morgan fingerprint density at radius 2 is 1.91 bits per heavy atom. The third-order valence-corrected chi connectivity index (χ3v) is 4.16. The van der Waals surface area contributed by atoms with Gasteiger partial charge in [0.15, 0.2) is 0 Å². The number of benzene rings is 2. The minimum atomic E-state index is -0.0592. The lowest BCUT2D eigenvalue weighted by atomic mass is 10.0. The number of aryl methyl sites for hydroxylation is 1. The maximum Gasteiger partial charge on any atom is 0.255 e. The van der Waals surface area contributed by atoms with Crippen LogP contribution in [0.5, 0.6) is 0 Å². The van der Waals surface area contributed by atoms with E-state index in [9.17, 15) is 4.79 Å². The zero-order valence-electron chi connectivity index (χ0n) is 13.1. The highest BCUT2D eigenvalue weighted by Gasteiger charge is 2.14. The van der Waals surface area contributed by atoms with Gasteiger partial charge in [-0.15, -0.1) is 0 Å². The van der Waals surface area contributed by atoms with E-state index in [0.29, 0.717) is 11.5 Å². The highest BCUT2D eigenvalue weighted by Crippen LogP contribution is 2.30. The van der Waals surface area contributed by atoms with E-state index >= 15 is 0 Å². The van der Waals surface area contributed by atoms with E-state index in [4.69, 9.17) is 0 Å². The summed E-state index contributed by atoms with van der Waals surface area (Å²) < 4.78 is 0. The molecule has 1 aliphatic heterocycles. The first-order valence-electron chi connectivity index (χ1n) is 7.92. The van der Waals surface area contributed by atoms with Crippen LogP contribution in [0, 0.1) is 0 Å². The van der Waals surface area contributed by atoms with E-state index in [1.807, 2.05) is 36.4 Å². The molecule has 0 unspecified atom stereocenters. The molecule has 3 heteroatoms. The standard InChI is InChI=1S/C19H22N2O/c1-13(2)14-8-10-16(11-9-14)19(22)21-17-7-3-5-15-6-4-12-20-18(15)17/h3,5,7-11,13,20H,4,6,12H2,1-2H3,(H,21,22). The molecule has 0 bridgehead atoms. The van der Waals surface area contributed by atoms with Crippen LogP contribution in [0.1, 0.15) is 47.7 Å². The zero-order valence-corrected chi connectivity index (χ0v) is 13.1. The Balaban J connectivity index is 1.80. The van der Waals surface area contributed by atoms with Crippen molar-refractivity contribution >= 4 is 17.3 Å². The average Bonchev–Trinajstić information content (AvgIpc) is 2.55. The Bertz CT molecular complexity index is 674. The molecule has 0 saturated carbocycles. The first-order valence-corrected chi connectivity index (χ1v) is 7.92. The van der Waals surface area contributed by atoms with Gasteiger partial charge in [0.05, 0.1) is 11.4 Å². The van der Waals surface area contributed by atoms with E-state index in [1.165, 1.54) is 11.1 Å². The lowest BCUT2D eigenvalue weighted by Gasteiger charge is -2.21. The van der Waals surface area contributed by atoms with Crippen molar-refractivity contribution in [3.05, 3.63) is 59.2 Å². The van der Waals surface area contributed by atoms with E-state index in [-0.39, 0.29) is 5.91 Å². The van der Waals surface area contributed by atoms with Crippen molar-refractivity contribution in [3.63, 3.8) is 0 Å². The van der Waals surface area contributed by atoms with Gasteiger partial charge in [-0.2, -0.15) is 0 Å². The number of fused-ring (bicyclic) bond motifs is 1. The van der Waals surface area contributed by atoms with Gasteiger partial charge in [-0.1, -0.05) is 38.1 Å². The van der Waals surface area contributed by atoms with Crippen molar-refractivity contribution in [2.24, 2.45) is 0 Å². The zero-order chi connectivity index (χ0) is 15.5. The lowest BCUT2D eigenvalue weighted by molar-refractivity contribution is 0.102. The fourth-order valence-corrected chi connectivity index (χ4v) is 2.83. The average molecular weight is 294 g/mol. The third kappa shape index (κ3) is 2.98. The van der Waals surface area contributed by atoms with Gasteiger partial charge in [0, 0.05) is 12.1 Å². The molecular weight excluding hydrogens is 272 g/mol. The summed E-state index contributed by atoms with van der Waals surface area (Å²) in [6, 6.07) is 13.9. The fourth-order valence-electron chi connectivity index (χ4n) is 2.83. The van der Waals surface area contributed by atoms with Gasteiger partial charge in [0.1, 0.15) is 0 Å². The fraction of sp³-hybridized carbons (Fsp3) is 0.316. The van der Waals surface area contributed by atoms with Crippen LogP contribution >= 0.6 is 0 Å². The topological polar surface area (TPSA) is 41.1 Å². The molecule has 0 spiro atoms. The molecule has 0 fully saturated rings. The number of para-hydroxylation sites is 1. The number of anilines is 2. The molecule has 0 aliphatic carbocycles. The third-order valence-electron chi connectivity index (χ3n) is 4.16. The van der Waals surface area contributed by atoms with Crippen LogP contribution in [0.3, 0.4) is 0 Å². The highest BCUT2D eigenvalue weighted by molar-refractivity contribution is 6.06. The van der Waals surface area contributed by atoms with Crippen LogP contribution in [-0.2, 0) is 6.42 Å². The Labute approximate surface area is 131 Å². The summed E-state index contributed by atoms with van der Waals surface area (Å²) >= 11 is 0. The van der Waals surface area contributed by atoms with Crippen LogP contribution in [0.4, 0.5) is 11.4 Å². The Kier molecular flexibility index (Phi) is 4.14. The molecule has 1 amide bonds. The predicted molar refractivity (Wildman–Crippen MR) is 91.7 cm³/mol. The lowest BCUT2D eigenvalue weighted by Crippen LogP contribution is -2.17. The molecule has 3 nitrogen and oxygen atoms in total. The summed E-state index contributed by atoms with van der Waals surface area (Å²) in [6.07, 6.45) is 2.20. The SMILES string of the molecule is CC(C)c1ccc(C(=O)Nc2cccc3c2NCCC3)cc1. The number of nitrogens with one attached hydrogen (secondary N) is 2. The number of carbonyl (C=O) groups excluding carboxylic acids is 1. The van der Waals surface area contributed by atoms with Gasteiger partial charge in [0.25, 0.3) is 5.91 Å². The van der Waals surface area contributed by atoms with Gasteiger partial charge in [-0.05, 0) is 48.1 Å². The van der Waals surface area contributed by atoms with Gasteiger partial charge in [-0.25, -0.2) is 0 Å². The maximum atomic E-state index is 12.4. The monoisotopic (exact) mass is 294 g/mol. The smallest absolute Gasteiger partial charge is 0.255 e. The summed E-state index contributed by atoms with van der Waals surface area (Å²) in [4.78, 5) is 12.4. The Morgan fingerprint density at radius 3 is 2.64 bits per heavy atom. The van der Waals surface area contributed by atoms with Gasteiger partial charge < -0.3 is 10.6 Å². The molecule has 0 aromatic heterocycles.